The summed E-state index contributed by atoms with van der Waals surface area (Å²) in [4.78, 5) is 2.53. The molecule has 1 fully saturated rings. The Morgan fingerprint density at radius 1 is 1.17 bits per heavy atom. The SMILES string of the molecule is CC(CS(C)(=O)=O)NCC(C(C)C)N1CCCC1. The summed E-state index contributed by atoms with van der Waals surface area (Å²) in [6.07, 6.45) is 3.88. The zero-order valence-electron chi connectivity index (χ0n) is 12.1. The average Bonchev–Trinajstić information content (AvgIpc) is 2.67. The van der Waals surface area contributed by atoms with Gasteiger partial charge in [-0.15, -0.1) is 0 Å². The van der Waals surface area contributed by atoms with Gasteiger partial charge in [0.15, 0.2) is 0 Å². The van der Waals surface area contributed by atoms with E-state index in [1.807, 2.05) is 6.92 Å². The van der Waals surface area contributed by atoms with Crippen LogP contribution in [0.5, 0.6) is 0 Å². The van der Waals surface area contributed by atoms with Gasteiger partial charge in [0.25, 0.3) is 0 Å². The van der Waals surface area contributed by atoms with E-state index in [0.717, 1.165) is 6.54 Å². The van der Waals surface area contributed by atoms with Gasteiger partial charge in [0.2, 0.25) is 0 Å². The van der Waals surface area contributed by atoms with Gasteiger partial charge in [-0.2, -0.15) is 0 Å². The van der Waals surface area contributed by atoms with E-state index >= 15 is 0 Å². The van der Waals surface area contributed by atoms with Crippen molar-refractivity contribution in [3.63, 3.8) is 0 Å². The van der Waals surface area contributed by atoms with Crippen molar-refractivity contribution >= 4 is 9.84 Å². The van der Waals surface area contributed by atoms with Gasteiger partial charge in [-0.1, -0.05) is 13.8 Å². The van der Waals surface area contributed by atoms with Crippen LogP contribution >= 0.6 is 0 Å². The normalized spacial score (nSPS) is 21.4. The minimum atomic E-state index is -2.89. The summed E-state index contributed by atoms with van der Waals surface area (Å²) in [5.41, 5.74) is 0. The fraction of sp³-hybridized carbons (Fsp3) is 1.00. The monoisotopic (exact) mass is 276 g/mol. The zero-order valence-corrected chi connectivity index (χ0v) is 13.0. The lowest BCUT2D eigenvalue weighted by Gasteiger charge is -2.32. The first-order valence-corrected chi connectivity index (χ1v) is 9.01. The Hall–Kier alpha value is -0.130. The maximum absolute atomic E-state index is 11.2. The summed E-state index contributed by atoms with van der Waals surface area (Å²) in [5.74, 6) is 0.818. The van der Waals surface area contributed by atoms with Crippen LogP contribution in [0.1, 0.15) is 33.6 Å². The molecule has 1 saturated heterocycles. The molecule has 18 heavy (non-hydrogen) atoms. The van der Waals surface area contributed by atoms with E-state index in [1.165, 1.54) is 32.2 Å². The molecule has 108 valence electrons. The standard InChI is InChI=1S/C13H28N2O2S/c1-11(2)13(15-7-5-6-8-15)9-14-12(3)10-18(4,16)17/h11-14H,5-10H2,1-4H3. The third-order valence-electron chi connectivity index (χ3n) is 3.61. The van der Waals surface area contributed by atoms with Crippen LogP contribution in [0.15, 0.2) is 0 Å². The van der Waals surface area contributed by atoms with Crippen molar-refractivity contribution in [3.05, 3.63) is 0 Å². The Kier molecular flexibility index (Phi) is 6.08. The molecule has 4 nitrogen and oxygen atoms in total. The van der Waals surface area contributed by atoms with Crippen LogP contribution in [0.3, 0.4) is 0 Å². The Balaban J connectivity index is 2.42. The predicted molar refractivity (Wildman–Crippen MR) is 76.6 cm³/mol. The first kappa shape index (κ1) is 15.9. The quantitative estimate of drug-likeness (QED) is 0.757. The van der Waals surface area contributed by atoms with Crippen LogP contribution in [-0.4, -0.2) is 57.0 Å². The lowest BCUT2D eigenvalue weighted by molar-refractivity contribution is 0.184. The van der Waals surface area contributed by atoms with Gasteiger partial charge >= 0.3 is 0 Å². The van der Waals surface area contributed by atoms with E-state index < -0.39 is 9.84 Å². The molecule has 1 rings (SSSR count). The molecule has 1 N–H and O–H groups in total. The van der Waals surface area contributed by atoms with Crippen LogP contribution in [0.25, 0.3) is 0 Å². The van der Waals surface area contributed by atoms with Crippen molar-refractivity contribution < 1.29 is 8.42 Å². The molecule has 2 unspecified atom stereocenters. The third-order valence-corrected chi connectivity index (χ3v) is 4.71. The number of nitrogens with zero attached hydrogens (tertiary/aromatic N) is 1. The van der Waals surface area contributed by atoms with Gasteiger partial charge in [-0.3, -0.25) is 4.90 Å². The number of nitrogens with one attached hydrogen (secondary N) is 1. The fourth-order valence-electron chi connectivity index (χ4n) is 2.69. The smallest absolute Gasteiger partial charge is 0.148 e. The van der Waals surface area contributed by atoms with Crippen molar-refractivity contribution in [1.82, 2.24) is 10.2 Å². The Labute approximate surface area is 112 Å². The van der Waals surface area contributed by atoms with Crippen LogP contribution in [0.4, 0.5) is 0 Å². The molecule has 0 amide bonds. The third kappa shape index (κ3) is 5.67. The zero-order chi connectivity index (χ0) is 13.8. The number of hydrogen-bond acceptors (Lipinski definition) is 4. The van der Waals surface area contributed by atoms with E-state index in [-0.39, 0.29) is 11.8 Å². The molecule has 0 aromatic heterocycles. The topological polar surface area (TPSA) is 49.4 Å². The van der Waals surface area contributed by atoms with Crippen LogP contribution in [-0.2, 0) is 9.84 Å². The van der Waals surface area contributed by atoms with Crippen molar-refractivity contribution in [1.29, 1.82) is 0 Å². The second-order valence-electron chi connectivity index (χ2n) is 5.96. The van der Waals surface area contributed by atoms with Gasteiger partial charge in [0.05, 0.1) is 5.75 Å². The minimum Gasteiger partial charge on any atom is -0.312 e. The van der Waals surface area contributed by atoms with Crippen LogP contribution in [0.2, 0.25) is 0 Å². The molecule has 0 aromatic carbocycles. The average molecular weight is 276 g/mol. The molecule has 5 heteroatoms. The van der Waals surface area contributed by atoms with Crippen LogP contribution < -0.4 is 5.32 Å². The van der Waals surface area contributed by atoms with E-state index in [2.05, 4.69) is 24.1 Å². The Morgan fingerprint density at radius 3 is 2.17 bits per heavy atom. The summed E-state index contributed by atoms with van der Waals surface area (Å²) < 4.78 is 22.5. The Bertz CT molecular complexity index is 335. The van der Waals surface area contributed by atoms with Crippen molar-refractivity contribution in [3.8, 4) is 0 Å². The summed E-state index contributed by atoms with van der Waals surface area (Å²) in [6.45, 7) is 9.69. The highest BCUT2D eigenvalue weighted by atomic mass is 32.2. The van der Waals surface area contributed by atoms with Gasteiger partial charge in [-0.25, -0.2) is 8.42 Å². The molecule has 0 aromatic rings. The van der Waals surface area contributed by atoms with E-state index in [4.69, 9.17) is 0 Å². The molecule has 1 heterocycles. The lowest BCUT2D eigenvalue weighted by Crippen LogP contribution is -2.47. The highest BCUT2D eigenvalue weighted by Crippen LogP contribution is 2.17. The second-order valence-corrected chi connectivity index (χ2v) is 8.14. The van der Waals surface area contributed by atoms with Crippen molar-refractivity contribution in [2.75, 3.05) is 31.6 Å². The van der Waals surface area contributed by atoms with E-state index in [0.29, 0.717) is 12.0 Å². The highest BCUT2D eigenvalue weighted by molar-refractivity contribution is 7.90. The van der Waals surface area contributed by atoms with Crippen molar-refractivity contribution in [2.24, 2.45) is 5.92 Å². The summed E-state index contributed by atoms with van der Waals surface area (Å²) >= 11 is 0. The summed E-state index contributed by atoms with van der Waals surface area (Å²) in [5, 5.41) is 3.38. The molecule has 1 aliphatic rings. The largest absolute Gasteiger partial charge is 0.312 e. The van der Waals surface area contributed by atoms with Gasteiger partial charge < -0.3 is 5.32 Å². The van der Waals surface area contributed by atoms with E-state index in [1.54, 1.807) is 0 Å². The molecule has 0 saturated carbocycles. The fourth-order valence-corrected chi connectivity index (χ4v) is 3.72. The number of sulfone groups is 1. The molecule has 2 atom stereocenters. The van der Waals surface area contributed by atoms with E-state index in [9.17, 15) is 8.42 Å². The second kappa shape index (κ2) is 6.87. The van der Waals surface area contributed by atoms with Crippen LogP contribution in [0, 0.1) is 5.92 Å². The molecule has 0 aliphatic carbocycles. The maximum Gasteiger partial charge on any atom is 0.148 e. The first-order chi connectivity index (χ1) is 8.29. The van der Waals surface area contributed by atoms with Crippen molar-refractivity contribution in [2.45, 2.75) is 45.7 Å². The number of likely N-dealkylation sites (tertiary alicyclic amines) is 1. The minimum absolute atomic E-state index is 0.0313. The lowest BCUT2D eigenvalue weighted by atomic mass is 10.0. The van der Waals surface area contributed by atoms with Gasteiger partial charge in [0, 0.05) is 24.9 Å². The Morgan fingerprint density at radius 2 is 1.72 bits per heavy atom. The van der Waals surface area contributed by atoms with Gasteiger partial charge in [0.1, 0.15) is 9.84 Å². The molecule has 0 bridgehead atoms. The summed E-state index contributed by atoms with van der Waals surface area (Å²) in [6, 6.07) is 0.554. The first-order valence-electron chi connectivity index (χ1n) is 6.95. The van der Waals surface area contributed by atoms with Gasteiger partial charge in [-0.05, 0) is 38.8 Å². The number of rotatable bonds is 7. The molecule has 0 spiro atoms. The molecular weight excluding hydrogens is 248 g/mol. The molecule has 0 radical (unpaired) electrons. The number of hydrogen-bond donors (Lipinski definition) is 1. The maximum atomic E-state index is 11.2. The molecule has 1 aliphatic heterocycles. The summed E-state index contributed by atoms with van der Waals surface area (Å²) in [7, 11) is -2.89. The molecular formula is C13H28N2O2S. The highest BCUT2D eigenvalue weighted by Gasteiger charge is 2.24. The predicted octanol–water partition coefficient (Wildman–Crippen LogP) is 1.13.